The van der Waals surface area contributed by atoms with Gasteiger partial charge in [0.05, 0.1) is 0 Å². The molecular weight excluding hydrogens is 135 g/mol. The van der Waals surface area contributed by atoms with Crippen LogP contribution in [0.4, 0.5) is 0 Å². The first kappa shape index (κ1) is 17.4. The molecule has 3 N–H and O–H groups in total. The molecule has 0 amide bonds. The minimum atomic E-state index is -1.50. The molecule has 0 unspecified atom stereocenters. The van der Waals surface area contributed by atoms with Crippen LogP contribution in [-0.4, -0.2) is 10.3 Å². The average molecular weight is 138 g/mol. The molecule has 0 aliphatic carbocycles. The first-order chi connectivity index (χ1) is 1.73. The molecule has 6 heteroatoms. The van der Waals surface area contributed by atoms with Crippen LogP contribution >= 0.6 is 0 Å². The maximum absolute atomic E-state index is 8.36. The van der Waals surface area contributed by atoms with Crippen LogP contribution in [-0.2, 0) is 16.8 Å². The van der Waals surface area contributed by atoms with Crippen LogP contribution in [0.15, 0.2) is 0 Å². The third-order valence-electron chi connectivity index (χ3n) is 0. The summed E-state index contributed by atoms with van der Waals surface area (Å²) in [6.45, 7) is 0. The molecular formula is H3CoN2O3+2. The summed E-state index contributed by atoms with van der Waals surface area (Å²) in [5.74, 6) is 0. The molecule has 0 rings (SSSR count). The second-order valence-electron chi connectivity index (χ2n) is 0.238. The zero-order chi connectivity index (χ0) is 3.58. The summed E-state index contributed by atoms with van der Waals surface area (Å²) in [7, 11) is 0. The van der Waals surface area contributed by atoms with E-state index >= 15 is 0 Å². The molecule has 0 bridgehead atoms. The van der Waals surface area contributed by atoms with E-state index in [-0.39, 0.29) is 22.9 Å². The Kier molecular flexibility index (Phi) is 25.5. The van der Waals surface area contributed by atoms with E-state index in [1.165, 1.54) is 0 Å². The molecule has 0 fully saturated rings. The van der Waals surface area contributed by atoms with Gasteiger partial charge in [0.25, 0.3) is 5.09 Å². The number of rotatable bonds is 0. The molecule has 0 saturated carbocycles. The standard InChI is InChI=1S/Co.HNO3.H2N/c;2-1(3)4;/h;(H,2,3,4);1H2/q+3;;-1. The Morgan fingerprint density at radius 2 is 1.67 bits per heavy atom. The Morgan fingerprint density at radius 3 is 1.67 bits per heavy atom. The summed E-state index contributed by atoms with van der Waals surface area (Å²) in [6.07, 6.45) is 0. The Hall–Kier alpha value is -0.334. The van der Waals surface area contributed by atoms with E-state index in [0.717, 1.165) is 0 Å². The molecule has 0 radical (unpaired) electrons. The van der Waals surface area contributed by atoms with Crippen molar-refractivity contribution in [1.29, 1.82) is 0 Å². The van der Waals surface area contributed by atoms with Crippen molar-refractivity contribution in [2.24, 2.45) is 0 Å². The van der Waals surface area contributed by atoms with E-state index in [2.05, 4.69) is 0 Å². The fourth-order valence-corrected chi connectivity index (χ4v) is 0. The van der Waals surface area contributed by atoms with E-state index in [1.54, 1.807) is 0 Å². The van der Waals surface area contributed by atoms with Crippen LogP contribution in [0, 0.1) is 10.1 Å². The molecule has 0 aromatic heterocycles. The van der Waals surface area contributed by atoms with Gasteiger partial charge in [-0.3, -0.25) is 0 Å². The molecule has 0 aliphatic rings. The maximum Gasteiger partial charge on any atom is 3.00 e. The fraction of sp³-hybridized carbons (Fsp3) is 0. The van der Waals surface area contributed by atoms with Gasteiger partial charge in [0.15, 0.2) is 0 Å². The Bertz CT molecular complexity index is 31.8. The summed E-state index contributed by atoms with van der Waals surface area (Å²) in [4.78, 5) is 8.36. The minimum absolute atomic E-state index is 0. The van der Waals surface area contributed by atoms with E-state index < -0.39 is 5.09 Å². The largest absolute Gasteiger partial charge is 3.00 e. The SMILES string of the molecule is O=[N+]([O-])O.[Co+3].[NH2-]. The van der Waals surface area contributed by atoms with Gasteiger partial charge in [0.1, 0.15) is 0 Å². The first-order valence-electron chi connectivity index (χ1n) is 0.565. The molecule has 6 heavy (non-hydrogen) atoms. The fourth-order valence-electron chi connectivity index (χ4n) is 0. The van der Waals surface area contributed by atoms with Crippen molar-refractivity contribution in [3.05, 3.63) is 16.3 Å². The minimum Gasteiger partial charge on any atom is -0.693 e. The van der Waals surface area contributed by atoms with Crippen molar-refractivity contribution in [2.45, 2.75) is 0 Å². The first-order valence-corrected chi connectivity index (χ1v) is 0.565. The van der Waals surface area contributed by atoms with Crippen molar-refractivity contribution >= 4 is 0 Å². The third-order valence-corrected chi connectivity index (χ3v) is 0. The maximum atomic E-state index is 8.36. The second kappa shape index (κ2) is 8.82. The molecule has 0 atom stereocenters. The molecule has 5 nitrogen and oxygen atoms in total. The van der Waals surface area contributed by atoms with E-state index in [9.17, 15) is 0 Å². The Morgan fingerprint density at radius 1 is 1.67 bits per heavy atom. The predicted molar refractivity (Wildman–Crippen MR) is 14.1 cm³/mol. The van der Waals surface area contributed by atoms with Gasteiger partial charge in [0, 0.05) is 0 Å². The van der Waals surface area contributed by atoms with E-state index in [4.69, 9.17) is 15.3 Å². The summed E-state index contributed by atoms with van der Waals surface area (Å²) in [6, 6.07) is 0. The summed E-state index contributed by atoms with van der Waals surface area (Å²) >= 11 is 0. The second-order valence-corrected chi connectivity index (χ2v) is 0.238. The molecule has 0 spiro atoms. The summed E-state index contributed by atoms with van der Waals surface area (Å²) in [5, 5.41) is 13.6. The van der Waals surface area contributed by atoms with Crippen LogP contribution in [0.1, 0.15) is 0 Å². The van der Waals surface area contributed by atoms with Crippen LogP contribution in [0.3, 0.4) is 0 Å². The Labute approximate surface area is 44.2 Å². The number of hydrogen-bond donors (Lipinski definition) is 1. The molecule has 0 aliphatic heterocycles. The molecule has 0 heterocycles. The van der Waals surface area contributed by atoms with Crippen LogP contribution in [0.25, 0.3) is 6.15 Å². The number of nitrogens with two attached hydrogens (primary N) is 1. The zero-order valence-electron chi connectivity index (χ0n) is 2.62. The number of hydrogen-bond acceptors (Lipinski definition) is 2. The van der Waals surface area contributed by atoms with Crippen molar-refractivity contribution in [3.63, 3.8) is 0 Å². The van der Waals surface area contributed by atoms with Crippen molar-refractivity contribution in [3.8, 4) is 0 Å². The van der Waals surface area contributed by atoms with E-state index in [1.807, 2.05) is 0 Å². The van der Waals surface area contributed by atoms with Gasteiger partial charge in [0.2, 0.25) is 0 Å². The topological polar surface area (TPSA) is 96.9 Å². The zero-order valence-corrected chi connectivity index (χ0v) is 3.66. The van der Waals surface area contributed by atoms with Gasteiger partial charge in [-0.25, -0.2) is 0 Å². The molecule has 0 aromatic rings. The summed E-state index contributed by atoms with van der Waals surface area (Å²) in [5.41, 5.74) is 0. The Balaban J connectivity index is -0.0000000450. The summed E-state index contributed by atoms with van der Waals surface area (Å²) < 4.78 is 0. The molecule has 38 valence electrons. The van der Waals surface area contributed by atoms with Gasteiger partial charge in [-0.2, -0.15) is 0 Å². The van der Waals surface area contributed by atoms with Gasteiger partial charge >= 0.3 is 16.8 Å². The van der Waals surface area contributed by atoms with Gasteiger partial charge < -0.3 is 11.4 Å². The monoisotopic (exact) mass is 138 g/mol. The van der Waals surface area contributed by atoms with Crippen molar-refractivity contribution in [2.75, 3.05) is 0 Å². The van der Waals surface area contributed by atoms with Crippen LogP contribution in [0.2, 0.25) is 0 Å². The normalized spacial score (nSPS) is 4.00. The average Bonchev–Trinajstić information content (AvgIpc) is 0.811. The molecule has 0 aromatic carbocycles. The number of nitrogens with zero attached hydrogens (tertiary/aromatic N) is 1. The quantitative estimate of drug-likeness (QED) is 0.386. The third kappa shape index (κ3) is 234. The van der Waals surface area contributed by atoms with Gasteiger partial charge in [-0.15, -0.1) is 10.1 Å². The van der Waals surface area contributed by atoms with Gasteiger partial charge in [-0.05, 0) is 0 Å². The van der Waals surface area contributed by atoms with Gasteiger partial charge in [-0.1, -0.05) is 0 Å². The predicted octanol–water partition coefficient (Wildman–Crippen LogP) is 0.367. The smallest absolute Gasteiger partial charge is 0.693 e. The van der Waals surface area contributed by atoms with Crippen LogP contribution in [0.5, 0.6) is 0 Å². The van der Waals surface area contributed by atoms with Crippen molar-refractivity contribution < 1.29 is 27.1 Å². The molecule has 0 saturated heterocycles. The van der Waals surface area contributed by atoms with Crippen molar-refractivity contribution in [1.82, 2.24) is 0 Å². The van der Waals surface area contributed by atoms with Crippen LogP contribution < -0.4 is 0 Å². The van der Waals surface area contributed by atoms with E-state index in [0.29, 0.717) is 0 Å².